The van der Waals surface area contributed by atoms with Crippen LogP contribution < -0.4 is 0 Å². The molecule has 0 spiro atoms. The summed E-state index contributed by atoms with van der Waals surface area (Å²) in [7, 11) is -1.68. The van der Waals surface area contributed by atoms with E-state index in [4.69, 9.17) is 0 Å². The fraction of sp³-hybridized carbons (Fsp3) is 0.500. The lowest BCUT2D eigenvalue weighted by Crippen LogP contribution is -2.35. The SMILES string of the molecule is Cc1ccc(S(=O)(=O)N(C)C[C@@H]2CCc3nccn3C2)s1. The van der Waals surface area contributed by atoms with Gasteiger partial charge in [0.25, 0.3) is 10.0 Å². The fourth-order valence-corrected chi connectivity index (χ4v) is 5.49. The van der Waals surface area contributed by atoms with Crippen LogP contribution in [0.1, 0.15) is 17.1 Å². The minimum absolute atomic E-state index is 0.340. The van der Waals surface area contributed by atoms with E-state index in [2.05, 4.69) is 9.55 Å². The first-order valence-electron chi connectivity index (χ1n) is 6.99. The molecule has 1 aliphatic rings. The molecule has 5 nitrogen and oxygen atoms in total. The van der Waals surface area contributed by atoms with Crippen LogP contribution in [0.4, 0.5) is 0 Å². The Morgan fingerprint density at radius 1 is 1.48 bits per heavy atom. The van der Waals surface area contributed by atoms with Crippen molar-refractivity contribution in [3.8, 4) is 0 Å². The van der Waals surface area contributed by atoms with Gasteiger partial charge >= 0.3 is 0 Å². The Balaban J connectivity index is 1.71. The lowest BCUT2D eigenvalue weighted by Gasteiger charge is -2.27. The summed E-state index contributed by atoms with van der Waals surface area (Å²) >= 11 is 1.33. The lowest BCUT2D eigenvalue weighted by molar-refractivity contribution is 0.303. The van der Waals surface area contributed by atoms with Crippen molar-refractivity contribution < 1.29 is 8.42 Å². The quantitative estimate of drug-likeness (QED) is 0.865. The number of aryl methyl sites for hydroxylation is 2. The number of thiophene rings is 1. The third kappa shape index (κ3) is 2.90. The summed E-state index contributed by atoms with van der Waals surface area (Å²) in [4.78, 5) is 5.32. The van der Waals surface area contributed by atoms with Gasteiger partial charge in [-0.15, -0.1) is 11.3 Å². The second-order valence-corrected chi connectivity index (χ2v) is 9.11. The molecule has 0 bridgehead atoms. The number of fused-ring (bicyclic) bond motifs is 1. The van der Waals surface area contributed by atoms with Crippen LogP contribution in [0.2, 0.25) is 0 Å². The molecule has 3 rings (SSSR count). The molecule has 0 saturated carbocycles. The van der Waals surface area contributed by atoms with Crippen LogP contribution in [0.5, 0.6) is 0 Å². The number of hydrogen-bond donors (Lipinski definition) is 0. The Morgan fingerprint density at radius 3 is 3.00 bits per heavy atom. The van der Waals surface area contributed by atoms with Crippen LogP contribution in [0.25, 0.3) is 0 Å². The Hall–Kier alpha value is -1.18. The van der Waals surface area contributed by atoms with Crippen LogP contribution in [-0.2, 0) is 23.0 Å². The summed E-state index contributed by atoms with van der Waals surface area (Å²) < 4.78 is 29.1. The van der Waals surface area contributed by atoms with Gasteiger partial charge in [0.05, 0.1) is 0 Å². The van der Waals surface area contributed by atoms with Gasteiger partial charge in [-0.25, -0.2) is 13.4 Å². The number of aromatic nitrogens is 2. The molecule has 0 N–H and O–H groups in total. The minimum atomic E-state index is -3.35. The van der Waals surface area contributed by atoms with E-state index in [9.17, 15) is 8.42 Å². The Bertz CT molecular complexity index is 733. The molecule has 0 aliphatic carbocycles. The number of nitrogens with zero attached hydrogens (tertiary/aromatic N) is 3. The molecule has 0 fully saturated rings. The van der Waals surface area contributed by atoms with Gasteiger partial charge in [0, 0.05) is 43.8 Å². The predicted molar refractivity (Wildman–Crippen MR) is 82.9 cm³/mol. The van der Waals surface area contributed by atoms with Crippen molar-refractivity contribution >= 4 is 21.4 Å². The monoisotopic (exact) mass is 325 g/mol. The Kier molecular flexibility index (Phi) is 3.90. The molecular weight excluding hydrogens is 306 g/mol. The largest absolute Gasteiger partial charge is 0.335 e. The zero-order valence-corrected chi connectivity index (χ0v) is 13.8. The summed E-state index contributed by atoms with van der Waals surface area (Å²) in [6, 6.07) is 3.55. The van der Waals surface area contributed by atoms with Gasteiger partial charge in [-0.1, -0.05) is 0 Å². The minimum Gasteiger partial charge on any atom is -0.335 e. The molecule has 2 aromatic heterocycles. The second-order valence-electron chi connectivity index (χ2n) is 5.55. The van der Waals surface area contributed by atoms with Crippen LogP contribution in [-0.4, -0.2) is 35.9 Å². The molecule has 3 heterocycles. The maximum absolute atomic E-state index is 12.5. The van der Waals surface area contributed by atoms with Gasteiger partial charge in [0.2, 0.25) is 0 Å². The van der Waals surface area contributed by atoms with Gasteiger partial charge in [-0.2, -0.15) is 4.31 Å². The summed E-state index contributed by atoms with van der Waals surface area (Å²) in [6.07, 6.45) is 5.69. The average Bonchev–Trinajstić information content (AvgIpc) is 3.06. The van der Waals surface area contributed by atoms with E-state index in [-0.39, 0.29) is 0 Å². The second kappa shape index (κ2) is 5.55. The highest BCUT2D eigenvalue weighted by atomic mass is 32.2. The number of sulfonamides is 1. The summed E-state index contributed by atoms with van der Waals surface area (Å²) in [5.74, 6) is 1.44. The molecule has 7 heteroatoms. The van der Waals surface area contributed by atoms with Gasteiger partial charge in [0.1, 0.15) is 10.0 Å². The van der Waals surface area contributed by atoms with Crippen molar-refractivity contribution in [3.63, 3.8) is 0 Å². The van der Waals surface area contributed by atoms with E-state index in [0.717, 1.165) is 30.1 Å². The molecular formula is C14H19N3O2S2. The van der Waals surface area contributed by atoms with Crippen molar-refractivity contribution in [3.05, 3.63) is 35.2 Å². The molecule has 0 unspecified atom stereocenters. The highest BCUT2D eigenvalue weighted by Gasteiger charge is 2.27. The van der Waals surface area contributed by atoms with E-state index in [1.165, 1.54) is 15.6 Å². The predicted octanol–water partition coefficient (Wildman–Crippen LogP) is 2.14. The number of hydrogen-bond acceptors (Lipinski definition) is 4. The molecule has 1 atom stereocenters. The highest BCUT2D eigenvalue weighted by molar-refractivity contribution is 7.91. The van der Waals surface area contributed by atoms with E-state index in [0.29, 0.717) is 16.7 Å². The maximum atomic E-state index is 12.5. The molecule has 0 radical (unpaired) electrons. The van der Waals surface area contributed by atoms with Crippen molar-refractivity contribution in [2.24, 2.45) is 5.92 Å². The first-order chi connectivity index (χ1) is 9.96. The Morgan fingerprint density at radius 2 is 2.29 bits per heavy atom. The first kappa shape index (κ1) is 14.7. The third-order valence-electron chi connectivity index (χ3n) is 3.93. The molecule has 0 saturated heterocycles. The van der Waals surface area contributed by atoms with Crippen LogP contribution in [0, 0.1) is 12.8 Å². The molecule has 2 aromatic rings. The molecule has 0 amide bonds. The van der Waals surface area contributed by atoms with Crippen LogP contribution in [0.3, 0.4) is 0 Å². The maximum Gasteiger partial charge on any atom is 0.252 e. The topological polar surface area (TPSA) is 55.2 Å². The smallest absolute Gasteiger partial charge is 0.252 e. The molecule has 0 aromatic carbocycles. The summed E-state index contributed by atoms with van der Waals surface area (Å²) in [5.41, 5.74) is 0. The average molecular weight is 325 g/mol. The molecule has 114 valence electrons. The van der Waals surface area contributed by atoms with Gasteiger partial charge in [-0.05, 0) is 31.4 Å². The standard InChI is InChI=1S/C14H19N3O2S2/c1-11-3-6-14(20-11)21(18,19)16(2)9-12-4-5-13-15-7-8-17(13)10-12/h3,6-8,12H,4-5,9-10H2,1-2H3/t12-/m0/s1. The van der Waals surface area contributed by atoms with E-state index in [1.807, 2.05) is 25.4 Å². The fourth-order valence-electron chi connectivity index (χ4n) is 2.75. The molecule has 1 aliphatic heterocycles. The van der Waals surface area contributed by atoms with Crippen molar-refractivity contribution in [1.82, 2.24) is 13.9 Å². The van der Waals surface area contributed by atoms with Crippen LogP contribution >= 0.6 is 11.3 Å². The normalized spacial score (nSPS) is 18.9. The summed E-state index contributed by atoms with van der Waals surface area (Å²) in [6.45, 7) is 3.32. The number of rotatable bonds is 4. The van der Waals surface area contributed by atoms with E-state index in [1.54, 1.807) is 13.1 Å². The third-order valence-corrected chi connectivity index (χ3v) is 7.22. The van der Waals surface area contributed by atoms with E-state index < -0.39 is 10.0 Å². The zero-order valence-electron chi connectivity index (χ0n) is 12.2. The van der Waals surface area contributed by atoms with Crippen molar-refractivity contribution in [2.75, 3.05) is 13.6 Å². The van der Waals surface area contributed by atoms with Crippen LogP contribution in [0.15, 0.2) is 28.7 Å². The van der Waals surface area contributed by atoms with Gasteiger partial charge in [-0.3, -0.25) is 0 Å². The Labute approximate surface area is 129 Å². The first-order valence-corrected chi connectivity index (χ1v) is 9.25. The highest BCUT2D eigenvalue weighted by Crippen LogP contribution is 2.26. The summed E-state index contributed by atoms with van der Waals surface area (Å²) in [5, 5.41) is 0. The van der Waals surface area contributed by atoms with Gasteiger partial charge < -0.3 is 4.57 Å². The van der Waals surface area contributed by atoms with E-state index >= 15 is 0 Å². The van der Waals surface area contributed by atoms with Crippen molar-refractivity contribution in [2.45, 2.75) is 30.5 Å². The van der Waals surface area contributed by atoms with Crippen molar-refractivity contribution in [1.29, 1.82) is 0 Å². The van der Waals surface area contributed by atoms with Gasteiger partial charge in [0.15, 0.2) is 0 Å². The number of imidazole rings is 1. The molecule has 21 heavy (non-hydrogen) atoms. The lowest BCUT2D eigenvalue weighted by atomic mass is 10.00. The zero-order chi connectivity index (χ0) is 15.0.